The first-order valence-corrected chi connectivity index (χ1v) is 11.7. The third kappa shape index (κ3) is 4.98. The van der Waals surface area contributed by atoms with Gasteiger partial charge in [-0.25, -0.2) is 4.79 Å². The van der Waals surface area contributed by atoms with Gasteiger partial charge in [0.25, 0.3) is 0 Å². The number of carbonyl (C=O) groups is 3. The lowest BCUT2D eigenvalue weighted by atomic mass is 9.98. The molecule has 0 aromatic heterocycles. The lowest BCUT2D eigenvalue weighted by Crippen LogP contribution is -2.50. The molecule has 7 nitrogen and oxygen atoms in total. The summed E-state index contributed by atoms with van der Waals surface area (Å²) in [5, 5.41) is 11.9. The minimum Gasteiger partial charge on any atom is -0.481 e. The molecule has 1 aliphatic carbocycles. The van der Waals surface area contributed by atoms with Crippen LogP contribution in [-0.2, 0) is 14.3 Å². The van der Waals surface area contributed by atoms with Gasteiger partial charge in [0, 0.05) is 18.5 Å². The fourth-order valence-corrected chi connectivity index (χ4v) is 5.06. The van der Waals surface area contributed by atoms with Crippen LogP contribution in [0.1, 0.15) is 49.1 Å². The van der Waals surface area contributed by atoms with Crippen LogP contribution in [0.5, 0.6) is 0 Å². The van der Waals surface area contributed by atoms with E-state index in [4.69, 9.17) is 4.74 Å². The van der Waals surface area contributed by atoms with Gasteiger partial charge in [-0.15, -0.1) is 6.58 Å². The molecule has 1 unspecified atom stereocenters. The van der Waals surface area contributed by atoms with Crippen molar-refractivity contribution in [3.05, 3.63) is 72.3 Å². The number of carboxylic acids is 1. The number of alkyl carbamates (subject to hydrolysis) is 1. The first-order chi connectivity index (χ1) is 16.5. The quantitative estimate of drug-likeness (QED) is 0.541. The Kier molecular flexibility index (Phi) is 7.30. The molecule has 2 amide bonds. The summed E-state index contributed by atoms with van der Waals surface area (Å²) >= 11 is 0. The number of nitrogens with one attached hydrogen (secondary N) is 1. The zero-order chi connectivity index (χ0) is 24.1. The number of hydrogen-bond acceptors (Lipinski definition) is 4. The van der Waals surface area contributed by atoms with Crippen LogP contribution in [-0.4, -0.2) is 53.2 Å². The topological polar surface area (TPSA) is 95.9 Å². The van der Waals surface area contributed by atoms with Crippen LogP contribution in [0, 0.1) is 0 Å². The standard InChI is InChI=1S/C27H30N2O5/c1-2-3-14-24(26(32)29-15-8-9-18(29)16-25(30)31)28-27(33)34-17-23-21-12-6-4-10-19(21)20-11-5-7-13-22(20)23/h2,4-7,10-13,18,23-24H,1,3,8-9,14-17H2,(H,28,33)(H,30,31)/t18-,24?/m1/s1. The van der Waals surface area contributed by atoms with Gasteiger partial charge in [-0.05, 0) is 47.9 Å². The lowest BCUT2D eigenvalue weighted by molar-refractivity contribution is -0.140. The number of benzene rings is 2. The Morgan fingerprint density at radius 2 is 1.76 bits per heavy atom. The Hall–Kier alpha value is -3.61. The number of hydrogen-bond donors (Lipinski definition) is 2. The van der Waals surface area contributed by atoms with Crippen molar-refractivity contribution in [1.82, 2.24) is 10.2 Å². The second-order valence-corrected chi connectivity index (χ2v) is 8.81. The zero-order valence-electron chi connectivity index (χ0n) is 19.1. The van der Waals surface area contributed by atoms with Crippen LogP contribution < -0.4 is 5.32 Å². The highest BCUT2D eigenvalue weighted by Gasteiger charge is 2.35. The van der Waals surface area contributed by atoms with Gasteiger partial charge in [-0.3, -0.25) is 9.59 Å². The second-order valence-electron chi connectivity index (χ2n) is 8.81. The molecular weight excluding hydrogens is 432 g/mol. The van der Waals surface area contributed by atoms with Gasteiger partial charge in [0.05, 0.1) is 6.42 Å². The van der Waals surface area contributed by atoms with Crippen molar-refractivity contribution < 1.29 is 24.2 Å². The maximum absolute atomic E-state index is 13.2. The molecule has 4 rings (SSSR count). The summed E-state index contributed by atoms with van der Waals surface area (Å²) in [6.07, 6.45) is 3.27. The summed E-state index contributed by atoms with van der Waals surface area (Å²) in [5.41, 5.74) is 4.52. The van der Waals surface area contributed by atoms with Crippen LogP contribution in [0.4, 0.5) is 4.79 Å². The smallest absolute Gasteiger partial charge is 0.407 e. The number of amides is 2. The van der Waals surface area contributed by atoms with Gasteiger partial charge >= 0.3 is 12.1 Å². The molecule has 2 atom stereocenters. The Bertz CT molecular complexity index is 1040. The van der Waals surface area contributed by atoms with E-state index in [0.717, 1.165) is 28.7 Å². The van der Waals surface area contributed by atoms with Crippen LogP contribution in [0.15, 0.2) is 61.2 Å². The van der Waals surface area contributed by atoms with Gasteiger partial charge in [-0.2, -0.15) is 0 Å². The summed E-state index contributed by atoms with van der Waals surface area (Å²) in [6.45, 7) is 4.36. The summed E-state index contributed by atoms with van der Waals surface area (Å²) < 4.78 is 5.61. The summed E-state index contributed by atoms with van der Waals surface area (Å²) in [7, 11) is 0. The lowest BCUT2D eigenvalue weighted by Gasteiger charge is -2.28. The molecule has 34 heavy (non-hydrogen) atoms. The van der Waals surface area contributed by atoms with E-state index in [1.165, 1.54) is 0 Å². The first-order valence-electron chi connectivity index (χ1n) is 11.7. The number of aliphatic carboxylic acids is 1. The van der Waals surface area contributed by atoms with Gasteiger partial charge in [0.15, 0.2) is 0 Å². The highest BCUT2D eigenvalue weighted by atomic mass is 16.5. The van der Waals surface area contributed by atoms with Crippen LogP contribution in [0.2, 0.25) is 0 Å². The first kappa shape index (κ1) is 23.5. The van der Waals surface area contributed by atoms with E-state index in [2.05, 4.69) is 24.0 Å². The minimum absolute atomic E-state index is 0.0704. The zero-order valence-corrected chi connectivity index (χ0v) is 19.1. The van der Waals surface area contributed by atoms with E-state index in [0.29, 0.717) is 25.8 Å². The molecule has 1 heterocycles. The van der Waals surface area contributed by atoms with Crippen molar-refractivity contribution in [2.75, 3.05) is 13.2 Å². The normalized spacial score (nSPS) is 17.5. The Morgan fingerprint density at radius 1 is 1.12 bits per heavy atom. The number of carboxylic acid groups (broad SMARTS) is 1. The van der Waals surface area contributed by atoms with Gasteiger partial charge in [-0.1, -0.05) is 54.6 Å². The summed E-state index contributed by atoms with van der Waals surface area (Å²) in [6, 6.07) is 15.1. The number of allylic oxidation sites excluding steroid dienone is 1. The molecule has 2 aliphatic rings. The maximum Gasteiger partial charge on any atom is 0.407 e. The molecule has 178 valence electrons. The number of ether oxygens (including phenoxy) is 1. The molecule has 1 aliphatic heterocycles. The predicted octanol–water partition coefficient (Wildman–Crippen LogP) is 4.33. The van der Waals surface area contributed by atoms with E-state index >= 15 is 0 Å². The van der Waals surface area contributed by atoms with E-state index in [9.17, 15) is 19.5 Å². The van der Waals surface area contributed by atoms with Crippen LogP contribution >= 0.6 is 0 Å². The number of rotatable bonds is 9. The Balaban J connectivity index is 1.42. The maximum atomic E-state index is 13.2. The number of nitrogens with zero attached hydrogens (tertiary/aromatic N) is 1. The molecule has 2 N–H and O–H groups in total. The number of likely N-dealkylation sites (tertiary alicyclic amines) is 1. The van der Waals surface area contributed by atoms with E-state index < -0.39 is 18.1 Å². The molecule has 2 aromatic rings. The van der Waals surface area contributed by atoms with Crippen molar-refractivity contribution in [1.29, 1.82) is 0 Å². The third-order valence-electron chi connectivity index (χ3n) is 6.66. The van der Waals surface area contributed by atoms with Crippen LogP contribution in [0.3, 0.4) is 0 Å². The Morgan fingerprint density at radius 3 is 2.38 bits per heavy atom. The minimum atomic E-state index is -0.933. The highest BCUT2D eigenvalue weighted by Crippen LogP contribution is 2.44. The predicted molar refractivity (Wildman–Crippen MR) is 128 cm³/mol. The van der Waals surface area contributed by atoms with Gasteiger partial charge in [0.1, 0.15) is 12.6 Å². The van der Waals surface area contributed by atoms with Crippen molar-refractivity contribution in [3.63, 3.8) is 0 Å². The van der Waals surface area contributed by atoms with Crippen molar-refractivity contribution >= 4 is 18.0 Å². The molecule has 0 spiro atoms. The molecule has 0 saturated carbocycles. The number of carbonyl (C=O) groups excluding carboxylic acids is 2. The Labute approximate surface area is 199 Å². The van der Waals surface area contributed by atoms with Crippen molar-refractivity contribution in [3.8, 4) is 11.1 Å². The second kappa shape index (κ2) is 10.5. The molecule has 2 aromatic carbocycles. The molecule has 7 heteroatoms. The SMILES string of the molecule is C=CCCC(NC(=O)OCC1c2ccccc2-c2ccccc21)C(=O)N1CCC[C@@H]1CC(=O)O. The van der Waals surface area contributed by atoms with Crippen LogP contribution in [0.25, 0.3) is 11.1 Å². The third-order valence-corrected chi connectivity index (χ3v) is 6.66. The molecule has 0 radical (unpaired) electrons. The largest absolute Gasteiger partial charge is 0.481 e. The van der Waals surface area contributed by atoms with Gasteiger partial charge < -0.3 is 20.1 Å². The van der Waals surface area contributed by atoms with Gasteiger partial charge in [0.2, 0.25) is 5.91 Å². The summed E-state index contributed by atoms with van der Waals surface area (Å²) in [5.74, 6) is -1.27. The number of fused-ring (bicyclic) bond motifs is 3. The van der Waals surface area contributed by atoms with Crippen molar-refractivity contribution in [2.24, 2.45) is 0 Å². The average molecular weight is 463 g/mol. The molecular formula is C27H30N2O5. The van der Waals surface area contributed by atoms with E-state index in [1.54, 1.807) is 11.0 Å². The van der Waals surface area contributed by atoms with E-state index in [-0.39, 0.29) is 30.9 Å². The average Bonchev–Trinajstić information content (AvgIpc) is 3.42. The monoisotopic (exact) mass is 462 g/mol. The molecule has 0 bridgehead atoms. The van der Waals surface area contributed by atoms with E-state index in [1.807, 2.05) is 36.4 Å². The van der Waals surface area contributed by atoms with Crippen molar-refractivity contribution in [2.45, 2.75) is 50.1 Å². The fourth-order valence-electron chi connectivity index (χ4n) is 5.06. The molecule has 1 fully saturated rings. The highest BCUT2D eigenvalue weighted by molar-refractivity contribution is 5.86. The molecule has 1 saturated heterocycles. The summed E-state index contributed by atoms with van der Waals surface area (Å²) in [4.78, 5) is 38.7. The fraction of sp³-hybridized carbons (Fsp3) is 0.370.